The lowest BCUT2D eigenvalue weighted by molar-refractivity contribution is 1.30. The first-order valence-corrected chi connectivity index (χ1v) is 10.0. The van der Waals surface area contributed by atoms with E-state index >= 15 is 0 Å². The maximum atomic E-state index is 4.43. The predicted octanol–water partition coefficient (Wildman–Crippen LogP) is 7.12. The molecule has 0 amide bonds. The number of rotatable bonds is 4. The average Bonchev–Trinajstić information content (AvgIpc) is 2.82. The van der Waals surface area contributed by atoms with Crippen LogP contribution in [-0.2, 0) is 0 Å². The first-order chi connectivity index (χ1) is 14.9. The van der Waals surface area contributed by atoms with Gasteiger partial charge in [-0.25, -0.2) is 0 Å². The molecule has 5 rings (SSSR count). The van der Waals surface area contributed by atoms with Gasteiger partial charge in [-0.2, -0.15) is 0 Å². The Morgan fingerprint density at radius 1 is 0.400 bits per heavy atom. The molecule has 0 radical (unpaired) electrons. The first kappa shape index (κ1) is 18.0. The van der Waals surface area contributed by atoms with Crippen LogP contribution in [0.4, 0.5) is 0 Å². The second-order valence-electron chi connectivity index (χ2n) is 7.09. The Kier molecular flexibility index (Phi) is 4.89. The molecule has 0 aliphatic heterocycles. The number of benzene rings is 3. The number of hydrogen-bond acceptors (Lipinski definition) is 2. The molecule has 0 saturated carbocycles. The molecule has 0 N–H and O–H groups in total. The van der Waals surface area contributed by atoms with E-state index in [2.05, 4.69) is 82.8 Å². The smallest absolute Gasteiger partial charge is 0.0629 e. The number of hydrogen-bond donors (Lipinski definition) is 0. The predicted molar refractivity (Wildman–Crippen MR) is 128 cm³/mol. The topological polar surface area (TPSA) is 25.8 Å². The molecule has 2 nitrogen and oxygen atoms in total. The zero-order chi connectivity index (χ0) is 20.2. The van der Waals surface area contributed by atoms with Gasteiger partial charge < -0.3 is 0 Å². The molecule has 3 aromatic carbocycles. The van der Waals surface area contributed by atoms with Gasteiger partial charge in [-0.15, -0.1) is 0 Å². The molecule has 0 bridgehead atoms. The van der Waals surface area contributed by atoms with Crippen molar-refractivity contribution in [1.29, 1.82) is 0 Å². The van der Waals surface area contributed by atoms with Crippen molar-refractivity contribution in [1.82, 2.24) is 9.97 Å². The van der Waals surface area contributed by atoms with Gasteiger partial charge in [0.2, 0.25) is 0 Å². The van der Waals surface area contributed by atoms with Gasteiger partial charge in [-0.05, 0) is 69.1 Å². The van der Waals surface area contributed by atoms with Gasteiger partial charge in [0, 0.05) is 12.4 Å². The Morgan fingerprint density at radius 2 is 0.767 bits per heavy atom. The van der Waals surface area contributed by atoms with Crippen LogP contribution in [0.2, 0.25) is 0 Å². The van der Waals surface area contributed by atoms with Crippen molar-refractivity contribution in [2.24, 2.45) is 0 Å². The fraction of sp³-hybridized carbons (Fsp3) is 0. The summed E-state index contributed by atoms with van der Waals surface area (Å²) in [5.74, 6) is 0. The van der Waals surface area contributed by atoms with E-state index in [9.17, 15) is 0 Å². The standard InChI is InChI=1S/C28H20N2/c1-2-12-24-23(11-1)27(17-15-21-9-5-7-19-29-21)25-13-3-4-14-26(25)28(24)18-16-22-10-6-8-20-30-22/h1-20H. The van der Waals surface area contributed by atoms with Crippen LogP contribution in [0.5, 0.6) is 0 Å². The summed E-state index contributed by atoms with van der Waals surface area (Å²) < 4.78 is 0. The molecule has 0 spiro atoms. The summed E-state index contributed by atoms with van der Waals surface area (Å²) in [4.78, 5) is 8.86. The van der Waals surface area contributed by atoms with Gasteiger partial charge in [0.05, 0.1) is 11.4 Å². The van der Waals surface area contributed by atoms with E-state index in [4.69, 9.17) is 0 Å². The van der Waals surface area contributed by atoms with E-state index in [1.54, 1.807) is 0 Å². The third-order valence-corrected chi connectivity index (χ3v) is 5.23. The van der Waals surface area contributed by atoms with Gasteiger partial charge in [-0.1, -0.05) is 72.8 Å². The zero-order valence-electron chi connectivity index (χ0n) is 16.4. The highest BCUT2D eigenvalue weighted by atomic mass is 14.7. The molecule has 2 aromatic heterocycles. The van der Waals surface area contributed by atoms with Crippen LogP contribution in [0, 0.1) is 0 Å². The summed E-state index contributed by atoms with van der Waals surface area (Å²) in [6, 6.07) is 29.1. The van der Waals surface area contributed by atoms with Crippen molar-refractivity contribution >= 4 is 45.8 Å². The number of fused-ring (bicyclic) bond motifs is 2. The van der Waals surface area contributed by atoms with Crippen LogP contribution < -0.4 is 0 Å². The van der Waals surface area contributed by atoms with Crippen LogP contribution >= 0.6 is 0 Å². The second kappa shape index (κ2) is 8.14. The van der Waals surface area contributed by atoms with Gasteiger partial charge in [-0.3, -0.25) is 9.97 Å². The van der Waals surface area contributed by atoms with Crippen LogP contribution in [0.25, 0.3) is 45.8 Å². The Balaban J connectivity index is 1.74. The van der Waals surface area contributed by atoms with Crippen LogP contribution in [0.15, 0.2) is 97.3 Å². The van der Waals surface area contributed by atoms with Gasteiger partial charge in [0.1, 0.15) is 0 Å². The molecule has 142 valence electrons. The molecule has 0 fully saturated rings. The summed E-state index contributed by atoms with van der Waals surface area (Å²) in [5.41, 5.74) is 4.32. The molecule has 0 aliphatic carbocycles. The third-order valence-electron chi connectivity index (χ3n) is 5.23. The van der Waals surface area contributed by atoms with E-state index in [0.29, 0.717) is 0 Å². The molecular formula is C28H20N2. The fourth-order valence-electron chi connectivity index (χ4n) is 3.84. The molecule has 0 atom stereocenters. The van der Waals surface area contributed by atoms with Crippen molar-refractivity contribution in [3.8, 4) is 0 Å². The maximum Gasteiger partial charge on any atom is 0.0629 e. The molecule has 5 aromatic rings. The van der Waals surface area contributed by atoms with Gasteiger partial charge >= 0.3 is 0 Å². The highest BCUT2D eigenvalue weighted by Gasteiger charge is 2.10. The highest BCUT2D eigenvalue weighted by Crippen LogP contribution is 2.35. The molecule has 2 heterocycles. The fourth-order valence-corrected chi connectivity index (χ4v) is 3.84. The number of nitrogens with zero attached hydrogens (tertiary/aromatic N) is 2. The quantitative estimate of drug-likeness (QED) is 0.308. The number of aromatic nitrogens is 2. The van der Waals surface area contributed by atoms with Gasteiger partial charge in [0.25, 0.3) is 0 Å². The van der Waals surface area contributed by atoms with Gasteiger partial charge in [0.15, 0.2) is 0 Å². The molecule has 0 saturated heterocycles. The lowest BCUT2D eigenvalue weighted by Gasteiger charge is -2.13. The van der Waals surface area contributed by atoms with Crippen LogP contribution in [0.3, 0.4) is 0 Å². The molecule has 2 heteroatoms. The van der Waals surface area contributed by atoms with E-state index in [1.165, 1.54) is 32.7 Å². The summed E-state index contributed by atoms with van der Waals surface area (Å²) in [6.07, 6.45) is 12.2. The SMILES string of the molecule is C(=Cc1c2ccccc2c(C=Cc2ccccn2)c2ccccc12)c1ccccn1. The minimum atomic E-state index is 0.949. The molecule has 0 aliphatic rings. The summed E-state index contributed by atoms with van der Waals surface area (Å²) in [5, 5.41) is 4.90. The summed E-state index contributed by atoms with van der Waals surface area (Å²) in [6.45, 7) is 0. The van der Waals surface area contributed by atoms with E-state index in [-0.39, 0.29) is 0 Å². The average molecular weight is 384 g/mol. The molecule has 30 heavy (non-hydrogen) atoms. The third kappa shape index (κ3) is 3.51. The Labute approximate surface area is 175 Å². The highest BCUT2D eigenvalue weighted by molar-refractivity contribution is 6.14. The van der Waals surface area contributed by atoms with Crippen molar-refractivity contribution < 1.29 is 0 Å². The van der Waals surface area contributed by atoms with E-state index in [1.807, 2.05) is 48.8 Å². The maximum absolute atomic E-state index is 4.43. The Morgan fingerprint density at radius 3 is 1.10 bits per heavy atom. The first-order valence-electron chi connectivity index (χ1n) is 10.0. The second-order valence-corrected chi connectivity index (χ2v) is 7.09. The van der Waals surface area contributed by atoms with Crippen molar-refractivity contribution in [2.75, 3.05) is 0 Å². The summed E-state index contributed by atoms with van der Waals surface area (Å²) in [7, 11) is 0. The van der Waals surface area contributed by atoms with Crippen LogP contribution in [0.1, 0.15) is 22.5 Å². The Bertz CT molecular complexity index is 1200. The minimum absolute atomic E-state index is 0.949. The normalized spacial score (nSPS) is 11.7. The van der Waals surface area contributed by atoms with Crippen molar-refractivity contribution in [2.45, 2.75) is 0 Å². The lowest BCUT2D eigenvalue weighted by atomic mass is 9.91. The van der Waals surface area contributed by atoms with E-state index < -0.39 is 0 Å². The Hall–Kier alpha value is -4.04. The lowest BCUT2D eigenvalue weighted by Crippen LogP contribution is -1.89. The molecular weight excluding hydrogens is 364 g/mol. The minimum Gasteiger partial charge on any atom is -0.257 e. The zero-order valence-corrected chi connectivity index (χ0v) is 16.4. The van der Waals surface area contributed by atoms with Crippen molar-refractivity contribution in [3.05, 3.63) is 120 Å². The van der Waals surface area contributed by atoms with E-state index in [0.717, 1.165) is 11.4 Å². The summed E-state index contributed by atoms with van der Waals surface area (Å²) >= 11 is 0. The van der Waals surface area contributed by atoms with Crippen LogP contribution in [-0.4, -0.2) is 9.97 Å². The number of pyridine rings is 2. The monoisotopic (exact) mass is 384 g/mol. The largest absolute Gasteiger partial charge is 0.257 e. The van der Waals surface area contributed by atoms with Crippen molar-refractivity contribution in [3.63, 3.8) is 0 Å². The molecule has 0 unspecified atom stereocenters.